The van der Waals surface area contributed by atoms with Crippen LogP contribution in [0.1, 0.15) is 5.56 Å². The standard InChI is InChI=1S/C15H21N3O4/c1-11-2-3-12(13(19)10-11)17-15(21)14(20)16-4-5-18-6-8-22-9-7-18/h2-3,10,19H,4-9H2,1H3,(H,16,20)(H,17,21). The number of carbonyl (C=O) groups is 2. The van der Waals surface area contributed by atoms with E-state index in [2.05, 4.69) is 15.5 Å². The summed E-state index contributed by atoms with van der Waals surface area (Å²) < 4.78 is 5.23. The number of hydrogen-bond donors (Lipinski definition) is 3. The van der Waals surface area contributed by atoms with Crippen LogP contribution >= 0.6 is 0 Å². The summed E-state index contributed by atoms with van der Waals surface area (Å²) in [6.45, 7) is 5.95. The molecule has 2 rings (SSSR count). The van der Waals surface area contributed by atoms with E-state index >= 15 is 0 Å². The minimum absolute atomic E-state index is 0.0607. The second kappa shape index (κ2) is 7.77. The van der Waals surface area contributed by atoms with Crippen molar-refractivity contribution in [1.82, 2.24) is 10.2 Å². The van der Waals surface area contributed by atoms with Crippen LogP contribution < -0.4 is 10.6 Å². The summed E-state index contributed by atoms with van der Waals surface area (Å²) >= 11 is 0. The van der Waals surface area contributed by atoms with Gasteiger partial charge in [-0.25, -0.2) is 0 Å². The molecule has 1 aromatic rings. The lowest BCUT2D eigenvalue weighted by Crippen LogP contribution is -2.43. The van der Waals surface area contributed by atoms with Crippen LogP contribution in [0.25, 0.3) is 0 Å². The highest BCUT2D eigenvalue weighted by Crippen LogP contribution is 2.23. The first-order valence-electron chi connectivity index (χ1n) is 7.25. The van der Waals surface area contributed by atoms with Gasteiger partial charge in [0.15, 0.2) is 0 Å². The summed E-state index contributed by atoms with van der Waals surface area (Å²) in [6, 6.07) is 4.82. The van der Waals surface area contributed by atoms with E-state index in [9.17, 15) is 14.7 Å². The number of phenolic OH excluding ortho intramolecular Hbond substituents is 1. The number of carbonyl (C=O) groups excluding carboxylic acids is 2. The Labute approximate surface area is 129 Å². The number of amides is 2. The zero-order valence-corrected chi connectivity index (χ0v) is 12.6. The van der Waals surface area contributed by atoms with Gasteiger partial charge in [0.25, 0.3) is 0 Å². The van der Waals surface area contributed by atoms with Gasteiger partial charge in [0.2, 0.25) is 0 Å². The topological polar surface area (TPSA) is 90.9 Å². The third-order valence-electron chi connectivity index (χ3n) is 3.42. The molecule has 1 aliphatic rings. The molecule has 0 unspecified atom stereocenters. The maximum absolute atomic E-state index is 11.8. The van der Waals surface area contributed by atoms with E-state index in [-0.39, 0.29) is 11.4 Å². The molecule has 0 radical (unpaired) electrons. The first kappa shape index (κ1) is 16.3. The van der Waals surface area contributed by atoms with Gasteiger partial charge >= 0.3 is 11.8 Å². The number of morpholine rings is 1. The fourth-order valence-electron chi connectivity index (χ4n) is 2.16. The number of nitrogens with zero attached hydrogens (tertiary/aromatic N) is 1. The highest BCUT2D eigenvalue weighted by molar-refractivity contribution is 6.39. The molecule has 0 atom stereocenters. The molecule has 1 saturated heterocycles. The summed E-state index contributed by atoms with van der Waals surface area (Å²) in [4.78, 5) is 25.6. The van der Waals surface area contributed by atoms with Crippen LogP contribution in [0.5, 0.6) is 5.75 Å². The molecule has 1 fully saturated rings. The summed E-state index contributed by atoms with van der Waals surface area (Å²) in [7, 11) is 0. The van der Waals surface area contributed by atoms with Crippen molar-refractivity contribution >= 4 is 17.5 Å². The molecular weight excluding hydrogens is 286 g/mol. The van der Waals surface area contributed by atoms with Crippen LogP contribution in [0.4, 0.5) is 5.69 Å². The number of benzene rings is 1. The van der Waals surface area contributed by atoms with Crippen LogP contribution in [0.15, 0.2) is 18.2 Å². The molecule has 1 aliphatic heterocycles. The van der Waals surface area contributed by atoms with Crippen LogP contribution in [0.2, 0.25) is 0 Å². The summed E-state index contributed by atoms with van der Waals surface area (Å²) in [5.41, 5.74) is 1.09. The Kier molecular flexibility index (Phi) is 5.74. The molecule has 1 heterocycles. The molecule has 0 bridgehead atoms. The molecule has 0 aliphatic carbocycles. The fourth-order valence-corrected chi connectivity index (χ4v) is 2.16. The lowest BCUT2D eigenvalue weighted by atomic mass is 10.2. The third-order valence-corrected chi connectivity index (χ3v) is 3.42. The molecule has 120 valence electrons. The zero-order chi connectivity index (χ0) is 15.9. The smallest absolute Gasteiger partial charge is 0.313 e. The highest BCUT2D eigenvalue weighted by Gasteiger charge is 2.16. The van der Waals surface area contributed by atoms with Crippen molar-refractivity contribution in [3.63, 3.8) is 0 Å². The number of ether oxygens (including phenoxy) is 1. The number of aryl methyl sites for hydroxylation is 1. The van der Waals surface area contributed by atoms with E-state index in [1.807, 2.05) is 6.92 Å². The van der Waals surface area contributed by atoms with E-state index in [0.717, 1.165) is 18.7 Å². The van der Waals surface area contributed by atoms with Gasteiger partial charge in [-0.2, -0.15) is 0 Å². The predicted octanol–water partition coefficient (Wildman–Crippen LogP) is 0.0875. The van der Waals surface area contributed by atoms with Gasteiger partial charge in [0, 0.05) is 26.2 Å². The Morgan fingerprint density at radius 2 is 2.00 bits per heavy atom. The molecule has 0 aromatic heterocycles. The summed E-state index contributed by atoms with van der Waals surface area (Å²) in [6.07, 6.45) is 0. The second-order valence-electron chi connectivity index (χ2n) is 5.18. The molecule has 1 aromatic carbocycles. The zero-order valence-electron chi connectivity index (χ0n) is 12.6. The molecular formula is C15H21N3O4. The molecule has 7 nitrogen and oxygen atoms in total. The van der Waals surface area contributed by atoms with Gasteiger partial charge in [-0.05, 0) is 24.6 Å². The number of phenols is 1. The van der Waals surface area contributed by atoms with E-state index < -0.39 is 11.8 Å². The van der Waals surface area contributed by atoms with Gasteiger partial charge in [-0.15, -0.1) is 0 Å². The van der Waals surface area contributed by atoms with Crippen molar-refractivity contribution < 1.29 is 19.4 Å². The van der Waals surface area contributed by atoms with Crippen molar-refractivity contribution in [2.75, 3.05) is 44.7 Å². The van der Waals surface area contributed by atoms with Gasteiger partial charge in [0.05, 0.1) is 18.9 Å². The van der Waals surface area contributed by atoms with E-state index in [0.29, 0.717) is 26.3 Å². The Balaban J connectivity index is 1.75. The number of rotatable bonds is 4. The maximum atomic E-state index is 11.8. The van der Waals surface area contributed by atoms with Crippen molar-refractivity contribution in [3.05, 3.63) is 23.8 Å². The van der Waals surface area contributed by atoms with E-state index in [4.69, 9.17) is 4.74 Å². The number of anilines is 1. The summed E-state index contributed by atoms with van der Waals surface area (Å²) in [5.74, 6) is -1.57. The maximum Gasteiger partial charge on any atom is 0.313 e. The van der Waals surface area contributed by atoms with E-state index in [1.165, 1.54) is 6.07 Å². The van der Waals surface area contributed by atoms with Gasteiger partial charge in [0.1, 0.15) is 5.75 Å². The quantitative estimate of drug-likeness (QED) is 0.542. The molecule has 3 N–H and O–H groups in total. The largest absolute Gasteiger partial charge is 0.506 e. The van der Waals surface area contributed by atoms with Crippen LogP contribution in [0.3, 0.4) is 0 Å². The van der Waals surface area contributed by atoms with Gasteiger partial charge in [-0.1, -0.05) is 6.07 Å². The highest BCUT2D eigenvalue weighted by atomic mass is 16.5. The SMILES string of the molecule is Cc1ccc(NC(=O)C(=O)NCCN2CCOCC2)c(O)c1. The Morgan fingerprint density at radius 1 is 1.27 bits per heavy atom. The minimum atomic E-state index is -0.791. The van der Waals surface area contributed by atoms with Crippen molar-refractivity contribution in [2.24, 2.45) is 0 Å². The van der Waals surface area contributed by atoms with Crippen molar-refractivity contribution in [3.8, 4) is 5.75 Å². The molecule has 2 amide bonds. The van der Waals surface area contributed by atoms with E-state index in [1.54, 1.807) is 12.1 Å². The second-order valence-corrected chi connectivity index (χ2v) is 5.18. The lowest BCUT2D eigenvalue weighted by Gasteiger charge is -2.26. The van der Waals surface area contributed by atoms with Crippen LogP contribution in [0, 0.1) is 6.92 Å². The van der Waals surface area contributed by atoms with Crippen LogP contribution in [-0.4, -0.2) is 61.2 Å². The average molecular weight is 307 g/mol. The van der Waals surface area contributed by atoms with Crippen molar-refractivity contribution in [1.29, 1.82) is 0 Å². The fraction of sp³-hybridized carbons (Fsp3) is 0.467. The minimum Gasteiger partial charge on any atom is -0.506 e. The monoisotopic (exact) mass is 307 g/mol. The Hall–Kier alpha value is -2.12. The third kappa shape index (κ3) is 4.71. The molecule has 7 heteroatoms. The lowest BCUT2D eigenvalue weighted by molar-refractivity contribution is -0.136. The molecule has 0 spiro atoms. The molecule has 22 heavy (non-hydrogen) atoms. The van der Waals surface area contributed by atoms with Gasteiger partial charge in [-0.3, -0.25) is 14.5 Å². The first-order valence-corrected chi connectivity index (χ1v) is 7.25. The Morgan fingerprint density at radius 3 is 2.68 bits per heavy atom. The van der Waals surface area contributed by atoms with Crippen LogP contribution in [-0.2, 0) is 14.3 Å². The number of aromatic hydroxyl groups is 1. The normalized spacial score (nSPS) is 15.3. The Bertz CT molecular complexity index is 542. The summed E-state index contributed by atoms with van der Waals surface area (Å²) in [5, 5.41) is 14.7. The average Bonchev–Trinajstić information content (AvgIpc) is 2.51. The van der Waals surface area contributed by atoms with Crippen molar-refractivity contribution in [2.45, 2.75) is 6.92 Å². The molecule has 0 saturated carbocycles. The number of hydrogen-bond acceptors (Lipinski definition) is 5. The van der Waals surface area contributed by atoms with Gasteiger partial charge < -0.3 is 20.5 Å². The first-order chi connectivity index (χ1) is 10.6. The predicted molar refractivity (Wildman–Crippen MR) is 81.7 cm³/mol. The number of nitrogens with one attached hydrogen (secondary N) is 2.